The van der Waals surface area contributed by atoms with Gasteiger partial charge < -0.3 is 0 Å². The Hall–Kier alpha value is -1.94. The number of sulfone groups is 1. The summed E-state index contributed by atoms with van der Waals surface area (Å²) >= 11 is 0. The molecule has 0 aliphatic heterocycles. The molecule has 0 atom stereocenters. The highest BCUT2D eigenvalue weighted by Gasteiger charge is 2.21. The maximum atomic E-state index is 12.9. The Morgan fingerprint density at radius 3 is 2.11 bits per heavy atom. The average molecular weight is 276 g/mol. The fourth-order valence-electron chi connectivity index (χ4n) is 1.82. The summed E-state index contributed by atoms with van der Waals surface area (Å²) in [6, 6.07) is 13.6. The van der Waals surface area contributed by atoms with Crippen molar-refractivity contribution in [1.29, 1.82) is 0 Å². The molecular weight excluding hydrogens is 263 g/mol. The van der Waals surface area contributed by atoms with E-state index in [1.54, 1.807) is 37.3 Å². The zero-order valence-electron chi connectivity index (χ0n) is 10.4. The molecule has 2 aromatic rings. The lowest BCUT2D eigenvalue weighted by Crippen LogP contribution is -2.04. The Morgan fingerprint density at radius 2 is 1.58 bits per heavy atom. The van der Waals surface area contributed by atoms with E-state index in [0.29, 0.717) is 5.56 Å². The van der Waals surface area contributed by atoms with Crippen LogP contribution in [-0.2, 0) is 9.84 Å². The van der Waals surface area contributed by atoms with E-state index in [1.165, 1.54) is 30.3 Å². The summed E-state index contributed by atoms with van der Waals surface area (Å²) in [4.78, 5) is 0.408. The van der Waals surface area contributed by atoms with Crippen molar-refractivity contribution in [3.8, 4) is 0 Å². The van der Waals surface area contributed by atoms with Crippen LogP contribution in [0.2, 0.25) is 0 Å². The van der Waals surface area contributed by atoms with E-state index in [0.717, 1.165) is 0 Å². The van der Waals surface area contributed by atoms with E-state index < -0.39 is 15.7 Å². The third-order valence-electron chi connectivity index (χ3n) is 2.73. The van der Waals surface area contributed by atoms with E-state index in [2.05, 4.69) is 0 Å². The first-order chi connectivity index (χ1) is 9.05. The van der Waals surface area contributed by atoms with Gasteiger partial charge in [-0.05, 0) is 36.8 Å². The van der Waals surface area contributed by atoms with Crippen molar-refractivity contribution >= 4 is 14.7 Å². The van der Waals surface area contributed by atoms with Crippen LogP contribution in [0.15, 0.2) is 65.6 Å². The van der Waals surface area contributed by atoms with Crippen molar-refractivity contribution < 1.29 is 12.8 Å². The molecule has 0 bridgehead atoms. The van der Waals surface area contributed by atoms with Crippen molar-refractivity contribution in [2.24, 2.45) is 0 Å². The van der Waals surface area contributed by atoms with Gasteiger partial charge in [0.2, 0.25) is 9.84 Å². The summed E-state index contributed by atoms with van der Waals surface area (Å²) in [7, 11) is -3.58. The summed E-state index contributed by atoms with van der Waals surface area (Å²) in [5.74, 6) is -0.392. The Kier molecular flexibility index (Phi) is 3.81. The minimum absolute atomic E-state index is 0.179. The molecule has 0 heterocycles. The molecule has 0 saturated carbocycles. The first kappa shape index (κ1) is 13.5. The molecular formula is C15H13FO2S. The van der Waals surface area contributed by atoms with E-state index in [9.17, 15) is 12.8 Å². The van der Waals surface area contributed by atoms with E-state index in [1.807, 2.05) is 0 Å². The lowest BCUT2D eigenvalue weighted by Gasteiger charge is -2.09. The fourth-order valence-corrected chi connectivity index (χ4v) is 3.34. The van der Waals surface area contributed by atoms with Gasteiger partial charge in [0, 0.05) is 0 Å². The summed E-state index contributed by atoms with van der Waals surface area (Å²) in [6.45, 7) is 1.65. The highest BCUT2D eigenvalue weighted by molar-refractivity contribution is 8.00. The molecule has 0 aromatic heterocycles. The van der Waals surface area contributed by atoms with Gasteiger partial charge in [-0.15, -0.1) is 0 Å². The van der Waals surface area contributed by atoms with E-state index in [4.69, 9.17) is 0 Å². The van der Waals surface area contributed by atoms with Crippen molar-refractivity contribution in [3.05, 3.63) is 72.1 Å². The van der Waals surface area contributed by atoms with Crippen LogP contribution in [0.4, 0.5) is 4.39 Å². The molecule has 0 N–H and O–H groups in total. The van der Waals surface area contributed by atoms with Crippen LogP contribution in [-0.4, -0.2) is 8.42 Å². The minimum Gasteiger partial charge on any atom is -0.219 e. The Bertz CT molecular complexity index is 687. The molecule has 2 aromatic carbocycles. The van der Waals surface area contributed by atoms with Crippen molar-refractivity contribution in [3.63, 3.8) is 0 Å². The topological polar surface area (TPSA) is 34.1 Å². The van der Waals surface area contributed by atoms with Crippen molar-refractivity contribution in [2.45, 2.75) is 11.8 Å². The predicted molar refractivity (Wildman–Crippen MR) is 73.7 cm³/mol. The van der Waals surface area contributed by atoms with Gasteiger partial charge in [0.25, 0.3) is 0 Å². The highest BCUT2D eigenvalue weighted by atomic mass is 32.2. The van der Waals surface area contributed by atoms with Gasteiger partial charge in [0.05, 0.1) is 9.80 Å². The monoisotopic (exact) mass is 276 g/mol. The number of rotatable bonds is 3. The Labute approximate surface area is 112 Å². The van der Waals surface area contributed by atoms with Crippen molar-refractivity contribution in [1.82, 2.24) is 0 Å². The van der Waals surface area contributed by atoms with Crippen LogP contribution >= 0.6 is 0 Å². The molecule has 0 amide bonds. The van der Waals surface area contributed by atoms with E-state index in [-0.39, 0.29) is 9.80 Å². The predicted octanol–water partition coefficient (Wildman–Crippen LogP) is 3.66. The largest absolute Gasteiger partial charge is 0.219 e. The van der Waals surface area contributed by atoms with Crippen LogP contribution in [0.3, 0.4) is 0 Å². The van der Waals surface area contributed by atoms with Gasteiger partial charge in [0.1, 0.15) is 5.82 Å². The molecule has 0 fully saturated rings. The molecule has 0 unspecified atom stereocenters. The standard InChI is InChI=1S/C15H13FO2S/c1-2-15(12-8-10-13(16)11-9-12)19(17,18)14-6-4-3-5-7-14/h2-11H,1H3/b15-2+. The smallest absolute Gasteiger partial charge is 0.206 e. The Balaban J connectivity index is 2.52. The summed E-state index contributed by atoms with van der Waals surface area (Å²) in [5, 5.41) is 0. The number of hydrogen-bond acceptors (Lipinski definition) is 2. The van der Waals surface area contributed by atoms with Gasteiger partial charge in [-0.3, -0.25) is 0 Å². The lowest BCUT2D eigenvalue weighted by atomic mass is 10.2. The maximum Gasteiger partial charge on any atom is 0.206 e. The summed E-state index contributed by atoms with van der Waals surface area (Å²) in [6.07, 6.45) is 1.52. The third-order valence-corrected chi connectivity index (χ3v) is 4.68. The van der Waals surface area contributed by atoms with Crippen LogP contribution < -0.4 is 0 Å². The van der Waals surface area contributed by atoms with Crippen LogP contribution in [0.1, 0.15) is 12.5 Å². The first-order valence-electron chi connectivity index (χ1n) is 5.78. The number of benzene rings is 2. The molecule has 0 spiro atoms. The second-order valence-corrected chi connectivity index (χ2v) is 5.89. The minimum atomic E-state index is -3.58. The second kappa shape index (κ2) is 5.36. The molecule has 0 aliphatic carbocycles. The van der Waals surface area contributed by atoms with Gasteiger partial charge >= 0.3 is 0 Å². The first-order valence-corrected chi connectivity index (χ1v) is 7.26. The Morgan fingerprint density at radius 1 is 1.00 bits per heavy atom. The van der Waals surface area contributed by atoms with Crippen molar-refractivity contribution in [2.75, 3.05) is 0 Å². The van der Waals surface area contributed by atoms with Gasteiger partial charge in [-0.2, -0.15) is 0 Å². The number of allylic oxidation sites excluding steroid dienone is 1. The highest BCUT2D eigenvalue weighted by Crippen LogP contribution is 2.27. The summed E-state index contributed by atoms with van der Waals surface area (Å²) < 4.78 is 37.9. The molecule has 19 heavy (non-hydrogen) atoms. The molecule has 98 valence electrons. The molecule has 4 heteroatoms. The fraction of sp³-hybridized carbons (Fsp3) is 0.0667. The third kappa shape index (κ3) is 2.74. The van der Waals surface area contributed by atoms with Crippen LogP contribution in [0.25, 0.3) is 4.91 Å². The normalized spacial score (nSPS) is 12.4. The maximum absolute atomic E-state index is 12.9. The van der Waals surface area contributed by atoms with Crippen LogP contribution in [0, 0.1) is 5.82 Å². The zero-order valence-corrected chi connectivity index (χ0v) is 11.2. The van der Waals surface area contributed by atoms with Gasteiger partial charge in [-0.1, -0.05) is 36.4 Å². The molecule has 0 aliphatic rings. The van der Waals surface area contributed by atoms with Gasteiger partial charge in [-0.25, -0.2) is 12.8 Å². The van der Waals surface area contributed by atoms with Gasteiger partial charge in [0.15, 0.2) is 0 Å². The SMILES string of the molecule is C/C=C(\c1ccc(F)cc1)S(=O)(=O)c1ccccc1. The lowest BCUT2D eigenvalue weighted by molar-refractivity contribution is 0.605. The number of hydrogen-bond donors (Lipinski definition) is 0. The molecule has 0 radical (unpaired) electrons. The summed E-state index contributed by atoms with van der Waals surface area (Å²) in [5.41, 5.74) is 0.479. The molecule has 2 nitrogen and oxygen atoms in total. The quantitative estimate of drug-likeness (QED) is 0.857. The molecule has 0 saturated heterocycles. The van der Waals surface area contributed by atoms with E-state index >= 15 is 0 Å². The number of halogens is 1. The van der Waals surface area contributed by atoms with Crippen LogP contribution in [0.5, 0.6) is 0 Å². The zero-order chi connectivity index (χ0) is 13.9. The average Bonchev–Trinajstić information content (AvgIpc) is 2.42. The molecule has 2 rings (SSSR count). The second-order valence-electron chi connectivity index (χ2n) is 3.98.